The zero-order valence-electron chi connectivity index (χ0n) is 8.55. The van der Waals surface area contributed by atoms with Crippen molar-refractivity contribution >= 4 is 13.8 Å². The maximum absolute atomic E-state index is 11.3. The highest BCUT2D eigenvalue weighted by molar-refractivity contribution is 7.45. The van der Waals surface area contributed by atoms with Crippen LogP contribution >= 0.6 is 8.00 Å². The first kappa shape index (κ1) is 12.0. The fourth-order valence-corrected chi connectivity index (χ4v) is 1.72. The third-order valence-corrected chi connectivity index (χ3v) is 2.65. The summed E-state index contributed by atoms with van der Waals surface area (Å²) in [5.74, 6) is 2.87. The third-order valence-electron chi connectivity index (χ3n) is 1.70. The van der Waals surface area contributed by atoms with Crippen LogP contribution in [0.15, 0.2) is 24.3 Å². The van der Waals surface area contributed by atoms with E-state index in [0.717, 1.165) is 5.75 Å². The van der Waals surface area contributed by atoms with Gasteiger partial charge in [-0.3, -0.25) is 4.52 Å². The number of hydrogen-bond donors (Lipinski definition) is 1. The molecule has 0 saturated carbocycles. The second-order valence-corrected chi connectivity index (χ2v) is 3.93. The Bertz CT molecular complexity index is 324. The second-order valence-electron chi connectivity index (χ2n) is 2.81. The summed E-state index contributed by atoms with van der Waals surface area (Å²) in [6.07, 6.45) is 0.589. The number of nitrogens with two attached hydrogens (primary N) is 1. The molecule has 4 nitrogen and oxygen atoms in total. The Hall–Kier alpha value is -1.09. The summed E-state index contributed by atoms with van der Waals surface area (Å²) in [5, 5.41) is 0. The Morgan fingerprint density at radius 1 is 1.33 bits per heavy atom. The molecule has 1 aromatic carbocycles. The molecule has 0 saturated heterocycles. The van der Waals surface area contributed by atoms with Crippen molar-refractivity contribution in [1.29, 1.82) is 0 Å². The van der Waals surface area contributed by atoms with Gasteiger partial charge in [0, 0.05) is 6.42 Å². The molecule has 0 bridgehead atoms. The van der Waals surface area contributed by atoms with Crippen molar-refractivity contribution in [2.75, 3.05) is 13.7 Å². The maximum atomic E-state index is 11.3. The van der Waals surface area contributed by atoms with Crippen LogP contribution < -0.4 is 19.9 Å². The number of benzene rings is 1. The minimum atomic E-state index is -1.77. The van der Waals surface area contributed by atoms with E-state index in [0.29, 0.717) is 18.7 Å². The molecule has 0 fully saturated rings. The van der Waals surface area contributed by atoms with E-state index < -0.39 is 8.00 Å². The van der Waals surface area contributed by atoms with Crippen LogP contribution in [0.4, 0.5) is 0 Å². The van der Waals surface area contributed by atoms with Gasteiger partial charge in [0.05, 0.1) is 7.11 Å². The van der Waals surface area contributed by atoms with Crippen LogP contribution in [0.2, 0.25) is 0 Å². The zero-order chi connectivity index (χ0) is 11.1. The van der Waals surface area contributed by atoms with E-state index in [-0.39, 0.29) is 0 Å². The molecule has 1 aromatic rings. The first-order chi connectivity index (χ1) is 7.26. The predicted molar refractivity (Wildman–Crippen MR) is 60.3 cm³/mol. The van der Waals surface area contributed by atoms with Gasteiger partial charge >= 0.3 is 0 Å². The number of ether oxygens (including phenoxy) is 1. The molecule has 2 N–H and O–H groups in total. The van der Waals surface area contributed by atoms with Crippen molar-refractivity contribution in [2.24, 2.45) is 5.73 Å². The molecule has 5 heteroatoms. The van der Waals surface area contributed by atoms with Gasteiger partial charge in [-0.2, -0.15) is 0 Å². The fourth-order valence-electron chi connectivity index (χ4n) is 0.958. The lowest BCUT2D eigenvalue weighted by Gasteiger charge is -2.01. The SMILES string of the molecule is COc1ccc(O/[P+]([O-])=C/CCN)cc1. The summed E-state index contributed by atoms with van der Waals surface area (Å²) in [6.45, 7) is 0.479. The molecule has 0 spiro atoms. The highest BCUT2D eigenvalue weighted by atomic mass is 31.1. The minimum absolute atomic E-state index is 0.479. The van der Waals surface area contributed by atoms with Crippen LogP contribution in [0.5, 0.6) is 11.5 Å². The predicted octanol–water partition coefficient (Wildman–Crippen LogP) is 0.897. The molecule has 0 amide bonds. The van der Waals surface area contributed by atoms with Gasteiger partial charge in [0.25, 0.3) is 8.00 Å². The largest absolute Gasteiger partial charge is 0.595 e. The van der Waals surface area contributed by atoms with Gasteiger partial charge in [0.15, 0.2) is 5.75 Å². The van der Waals surface area contributed by atoms with Crippen molar-refractivity contribution in [3.63, 3.8) is 0 Å². The zero-order valence-corrected chi connectivity index (χ0v) is 9.44. The van der Waals surface area contributed by atoms with E-state index in [4.69, 9.17) is 15.0 Å². The average Bonchev–Trinajstić information content (AvgIpc) is 2.27. The second kappa shape index (κ2) is 6.40. The van der Waals surface area contributed by atoms with Crippen molar-refractivity contribution in [3.8, 4) is 11.5 Å². The molecule has 15 heavy (non-hydrogen) atoms. The Labute approximate surface area is 90.2 Å². The van der Waals surface area contributed by atoms with E-state index in [2.05, 4.69) is 0 Å². The molecule has 0 aromatic heterocycles. The van der Waals surface area contributed by atoms with E-state index in [1.165, 1.54) is 0 Å². The van der Waals surface area contributed by atoms with E-state index >= 15 is 0 Å². The lowest BCUT2D eigenvalue weighted by Crippen LogP contribution is -2.02. The quantitative estimate of drug-likeness (QED) is 0.759. The molecule has 1 rings (SSSR count). The van der Waals surface area contributed by atoms with Crippen LogP contribution in [-0.2, 0) is 0 Å². The Balaban J connectivity index is 2.57. The molecule has 0 aliphatic heterocycles. The van der Waals surface area contributed by atoms with Crippen molar-refractivity contribution < 1.29 is 14.2 Å². The van der Waals surface area contributed by atoms with Gasteiger partial charge in [-0.1, -0.05) is 0 Å². The van der Waals surface area contributed by atoms with Crippen LogP contribution in [0.25, 0.3) is 0 Å². The fraction of sp³-hybridized carbons (Fsp3) is 0.300. The number of methoxy groups -OCH3 is 1. The van der Waals surface area contributed by atoms with E-state index in [9.17, 15) is 4.89 Å². The van der Waals surface area contributed by atoms with Gasteiger partial charge in [-0.05, 0) is 30.8 Å². The molecule has 82 valence electrons. The van der Waals surface area contributed by atoms with Crippen molar-refractivity contribution in [1.82, 2.24) is 0 Å². The molecular weight excluding hydrogens is 213 g/mol. The van der Waals surface area contributed by atoms with E-state index in [1.807, 2.05) is 0 Å². The summed E-state index contributed by atoms with van der Waals surface area (Å²) in [7, 11) is -0.184. The molecule has 0 radical (unpaired) electrons. The molecule has 0 heterocycles. The summed E-state index contributed by atoms with van der Waals surface area (Å²) in [4.78, 5) is 11.3. The Kier molecular flexibility index (Phi) is 5.12. The molecule has 1 unspecified atom stereocenters. The van der Waals surface area contributed by atoms with Crippen LogP contribution in [-0.4, -0.2) is 19.5 Å². The van der Waals surface area contributed by atoms with Crippen LogP contribution in [0.1, 0.15) is 6.42 Å². The first-order valence-electron chi connectivity index (χ1n) is 4.58. The Morgan fingerprint density at radius 2 is 1.93 bits per heavy atom. The summed E-state index contributed by atoms with van der Waals surface area (Å²) < 4.78 is 10.1. The smallest absolute Gasteiger partial charge is 0.272 e. The topological polar surface area (TPSA) is 67.5 Å². The monoisotopic (exact) mass is 227 g/mol. The van der Waals surface area contributed by atoms with Crippen LogP contribution in [0, 0.1) is 0 Å². The lowest BCUT2D eigenvalue weighted by molar-refractivity contribution is -0.165. The normalized spacial score (nSPS) is 11.3. The van der Waals surface area contributed by atoms with Gasteiger partial charge in [-0.15, -0.1) is 0 Å². The molecular formula is C10H14NO3P. The number of rotatable bonds is 5. The number of hydrogen-bond acceptors (Lipinski definition) is 4. The summed E-state index contributed by atoms with van der Waals surface area (Å²) in [5.41, 5.74) is 5.28. The molecule has 1 atom stereocenters. The average molecular weight is 227 g/mol. The van der Waals surface area contributed by atoms with E-state index in [1.54, 1.807) is 37.2 Å². The minimum Gasteiger partial charge on any atom is -0.595 e. The van der Waals surface area contributed by atoms with Gasteiger partial charge in [0.1, 0.15) is 11.5 Å². The van der Waals surface area contributed by atoms with Gasteiger partial charge in [-0.25, -0.2) is 0 Å². The Morgan fingerprint density at radius 3 is 2.47 bits per heavy atom. The summed E-state index contributed by atoms with van der Waals surface area (Å²) >= 11 is 0. The third kappa shape index (κ3) is 4.30. The summed E-state index contributed by atoms with van der Waals surface area (Å²) in [6, 6.07) is 6.92. The van der Waals surface area contributed by atoms with Crippen molar-refractivity contribution in [2.45, 2.75) is 6.42 Å². The maximum Gasteiger partial charge on any atom is 0.272 e. The van der Waals surface area contributed by atoms with Crippen molar-refractivity contribution in [3.05, 3.63) is 24.3 Å². The molecule has 0 aliphatic rings. The lowest BCUT2D eigenvalue weighted by atomic mass is 10.3. The highest BCUT2D eigenvalue weighted by Crippen LogP contribution is 2.23. The van der Waals surface area contributed by atoms with Gasteiger partial charge in [0.2, 0.25) is 0 Å². The first-order valence-corrected chi connectivity index (χ1v) is 5.82. The molecule has 0 aliphatic carbocycles. The van der Waals surface area contributed by atoms with Gasteiger partial charge < -0.3 is 15.4 Å². The standard InChI is InChI=1S/C10H14NO3P/c1-13-9-3-5-10(6-4-9)14-15(12)8-2-7-11/h3-6,8H,2,7,11H2,1H3. The van der Waals surface area contributed by atoms with Crippen LogP contribution in [0.3, 0.4) is 0 Å². The highest BCUT2D eigenvalue weighted by Gasteiger charge is 2.01.